The minimum atomic E-state index is -2.67. The van der Waals surface area contributed by atoms with Crippen LogP contribution in [0.5, 0.6) is 0 Å². The largest absolute Gasteiger partial charge is 0.501 e. The van der Waals surface area contributed by atoms with Gasteiger partial charge in [-0.05, 0) is 61.3 Å². The maximum absolute atomic E-state index is 11.0. The summed E-state index contributed by atoms with van der Waals surface area (Å²) in [5.74, 6) is 0.773. The number of rotatable bonds is 23. The minimum Gasteiger partial charge on any atom is -0.374 e. The van der Waals surface area contributed by atoms with E-state index in [-0.39, 0.29) is 0 Å². The Morgan fingerprint density at radius 2 is 1.00 bits per heavy atom. The van der Waals surface area contributed by atoms with Crippen LogP contribution in [0.15, 0.2) is 0 Å². The van der Waals surface area contributed by atoms with Crippen molar-refractivity contribution < 1.29 is 36.0 Å². The predicted octanol–water partition coefficient (Wildman–Crippen LogP) is 5.39. The van der Waals surface area contributed by atoms with Crippen molar-refractivity contribution in [2.75, 3.05) is 58.2 Å². The molecule has 1 atom stereocenters. The van der Waals surface area contributed by atoms with Crippen LogP contribution in [0.3, 0.4) is 0 Å². The topological polar surface area (TPSA) is 84.8 Å². The first-order valence-corrected chi connectivity index (χ1v) is 19.4. The Morgan fingerprint density at radius 1 is 0.625 bits per heavy atom. The zero-order chi connectivity index (χ0) is 24.3. The van der Waals surface area contributed by atoms with Crippen LogP contribution >= 0.6 is 18.3 Å². The molecule has 0 rings (SSSR count). The Labute approximate surface area is 203 Å². The van der Waals surface area contributed by atoms with E-state index < -0.39 is 24.5 Å². The first-order chi connectivity index (χ1) is 15.3. The summed E-state index contributed by atoms with van der Waals surface area (Å²) in [6, 6.07) is 1.42. The molecule has 12 heteroatoms. The second-order valence-electron chi connectivity index (χ2n) is 6.79. The van der Waals surface area contributed by atoms with Gasteiger partial charge >= 0.3 is 24.5 Å². The molecule has 0 aliphatic rings. The van der Waals surface area contributed by atoms with Gasteiger partial charge in [0, 0.05) is 57.5 Å². The highest BCUT2D eigenvalue weighted by atomic mass is 32.7. The van der Waals surface area contributed by atoms with Crippen molar-refractivity contribution in [3.8, 4) is 0 Å². The molecule has 0 radical (unpaired) electrons. The van der Waals surface area contributed by atoms with E-state index in [0.717, 1.165) is 24.6 Å². The van der Waals surface area contributed by atoms with Gasteiger partial charge in [-0.3, -0.25) is 0 Å². The molecule has 0 saturated heterocycles. The molecule has 1 unspecified atom stereocenters. The lowest BCUT2D eigenvalue weighted by Gasteiger charge is -2.28. The van der Waals surface area contributed by atoms with E-state index in [0.29, 0.717) is 58.5 Å². The van der Waals surface area contributed by atoms with Crippen LogP contribution in [0.4, 0.5) is 0 Å². The number of hydrogen-bond donors (Lipinski definition) is 1. The average molecular weight is 536 g/mol. The standard InChI is InChI=1S/C20H48O8PSSi2/c1-8-23-31(24-9-2,25-10-3)19-15-17-22-29(21,14-7)30-18-16-20-32(26-11-4,27-12-5)28-13-6/h21H,8-20H2,1-7H3/q+1. The molecule has 0 spiro atoms. The molecule has 0 aromatic rings. The van der Waals surface area contributed by atoms with Crippen molar-refractivity contribution >= 4 is 35.9 Å². The Hall–Kier alpha value is 0.894. The quantitative estimate of drug-likeness (QED) is 0.105. The third kappa shape index (κ3) is 13.1. The maximum atomic E-state index is 11.0. The Morgan fingerprint density at radius 3 is 1.34 bits per heavy atom. The summed E-state index contributed by atoms with van der Waals surface area (Å²) < 4.78 is 41.4. The summed E-state index contributed by atoms with van der Waals surface area (Å²) in [5.41, 5.74) is 0. The van der Waals surface area contributed by atoms with Gasteiger partial charge in [-0.2, -0.15) is 4.52 Å². The Bertz CT molecular complexity index is 386. The summed E-state index contributed by atoms with van der Waals surface area (Å²) >= 11 is 1.53. The maximum Gasteiger partial charge on any atom is 0.501 e. The molecule has 0 aromatic carbocycles. The smallest absolute Gasteiger partial charge is 0.374 e. The van der Waals surface area contributed by atoms with Crippen molar-refractivity contribution in [1.82, 2.24) is 0 Å². The Kier molecular flexibility index (Phi) is 19.7. The summed E-state index contributed by atoms with van der Waals surface area (Å²) in [5, 5.41) is 0. The fraction of sp³-hybridized carbons (Fsp3) is 1.00. The molecule has 0 aromatic heterocycles. The third-order valence-corrected chi connectivity index (χ3v) is 15.8. The summed E-state index contributed by atoms with van der Waals surface area (Å²) in [6.45, 7) is 15.1. The van der Waals surface area contributed by atoms with E-state index in [4.69, 9.17) is 31.1 Å². The fourth-order valence-electron chi connectivity index (χ4n) is 3.21. The Balaban J connectivity index is 4.62. The molecule has 194 valence electrons. The lowest BCUT2D eigenvalue weighted by Crippen LogP contribution is -2.46. The first kappa shape index (κ1) is 32.9. The second-order valence-corrected chi connectivity index (χ2v) is 17.6. The van der Waals surface area contributed by atoms with Crippen molar-refractivity contribution in [2.24, 2.45) is 0 Å². The SMILES string of the molecule is CCO[Si](CCCO[P+](O)(CC)SCCC[Si](OCC)(OCC)OCC)(OCC)OCC. The summed E-state index contributed by atoms with van der Waals surface area (Å²) in [4.78, 5) is 11.0. The molecular formula is C20H48O8PSSi2+. The minimum absolute atomic E-state index is 0.461. The fourth-order valence-corrected chi connectivity index (χ4v) is 12.3. The molecule has 0 heterocycles. The molecule has 32 heavy (non-hydrogen) atoms. The van der Waals surface area contributed by atoms with Crippen molar-refractivity contribution in [1.29, 1.82) is 0 Å². The van der Waals surface area contributed by atoms with E-state index in [1.165, 1.54) is 11.4 Å². The highest BCUT2D eigenvalue weighted by molar-refractivity contribution is 8.59. The van der Waals surface area contributed by atoms with Gasteiger partial charge in [0.15, 0.2) is 0 Å². The second kappa shape index (κ2) is 19.1. The lowest BCUT2D eigenvalue weighted by atomic mass is 10.5. The van der Waals surface area contributed by atoms with Crippen LogP contribution in [0.2, 0.25) is 12.1 Å². The van der Waals surface area contributed by atoms with Gasteiger partial charge < -0.3 is 26.6 Å². The molecule has 1 N–H and O–H groups in total. The molecule has 0 amide bonds. The molecule has 8 nitrogen and oxygen atoms in total. The van der Waals surface area contributed by atoms with Gasteiger partial charge in [0.05, 0.1) is 18.0 Å². The highest BCUT2D eigenvalue weighted by Crippen LogP contribution is 2.67. The summed E-state index contributed by atoms with van der Waals surface area (Å²) in [7, 11) is -5.31. The predicted molar refractivity (Wildman–Crippen MR) is 138 cm³/mol. The molecular weight excluding hydrogens is 487 g/mol. The molecule has 0 aliphatic heterocycles. The zero-order valence-electron chi connectivity index (χ0n) is 21.4. The van der Waals surface area contributed by atoms with Crippen molar-refractivity contribution in [3.63, 3.8) is 0 Å². The summed E-state index contributed by atoms with van der Waals surface area (Å²) in [6.07, 6.45) is 2.18. The van der Waals surface area contributed by atoms with E-state index in [1.807, 2.05) is 48.5 Å². The molecule has 0 bridgehead atoms. The van der Waals surface area contributed by atoms with Gasteiger partial charge in [-0.1, -0.05) is 0 Å². The van der Waals surface area contributed by atoms with Crippen LogP contribution in [-0.4, -0.2) is 80.7 Å². The van der Waals surface area contributed by atoms with E-state index in [2.05, 4.69) is 0 Å². The normalized spacial score (nSPS) is 14.6. The van der Waals surface area contributed by atoms with Crippen LogP contribution in [0.1, 0.15) is 61.3 Å². The highest BCUT2D eigenvalue weighted by Gasteiger charge is 2.43. The zero-order valence-corrected chi connectivity index (χ0v) is 25.1. The van der Waals surface area contributed by atoms with Crippen LogP contribution in [0.25, 0.3) is 0 Å². The van der Waals surface area contributed by atoms with Crippen LogP contribution < -0.4 is 0 Å². The first-order valence-electron chi connectivity index (χ1n) is 12.1. The molecule has 0 fully saturated rings. The van der Waals surface area contributed by atoms with Gasteiger partial charge in [0.1, 0.15) is 6.16 Å². The van der Waals surface area contributed by atoms with E-state index >= 15 is 0 Å². The van der Waals surface area contributed by atoms with Crippen molar-refractivity contribution in [3.05, 3.63) is 0 Å². The van der Waals surface area contributed by atoms with Crippen LogP contribution in [-0.2, 0) is 31.1 Å². The van der Waals surface area contributed by atoms with Gasteiger partial charge in [-0.25, -0.2) is 4.89 Å². The number of hydrogen-bond acceptors (Lipinski definition) is 9. The van der Waals surface area contributed by atoms with Gasteiger partial charge in [0.2, 0.25) is 0 Å². The lowest BCUT2D eigenvalue weighted by molar-refractivity contribution is 0.0693. The molecule has 0 aliphatic carbocycles. The van der Waals surface area contributed by atoms with Crippen molar-refractivity contribution in [2.45, 2.75) is 73.4 Å². The monoisotopic (exact) mass is 535 g/mol. The molecule has 0 saturated carbocycles. The van der Waals surface area contributed by atoms with E-state index in [9.17, 15) is 4.89 Å². The van der Waals surface area contributed by atoms with Gasteiger partial charge in [-0.15, -0.1) is 0 Å². The van der Waals surface area contributed by atoms with E-state index in [1.54, 1.807) is 0 Å². The van der Waals surface area contributed by atoms with Gasteiger partial charge in [0.25, 0.3) is 0 Å². The average Bonchev–Trinajstić information content (AvgIpc) is 2.76. The van der Waals surface area contributed by atoms with Crippen LogP contribution in [0, 0.1) is 0 Å². The third-order valence-electron chi connectivity index (χ3n) is 4.43.